The number of carbonyl (C=O) groups is 6. The molecule has 0 bridgehead atoms. The second-order valence-electron chi connectivity index (χ2n) is 6.89. The lowest BCUT2D eigenvalue weighted by Gasteiger charge is -2.26. The Morgan fingerprint density at radius 3 is 1.83 bits per heavy atom. The molecule has 30 heavy (non-hydrogen) atoms. The first-order chi connectivity index (χ1) is 13.9. The lowest BCUT2D eigenvalue weighted by molar-refractivity contribution is -0.143. The molecule has 0 aliphatic carbocycles. The summed E-state index contributed by atoms with van der Waals surface area (Å²) >= 11 is 0. The highest BCUT2D eigenvalue weighted by Gasteiger charge is 2.31. The zero-order chi connectivity index (χ0) is 23.4. The van der Waals surface area contributed by atoms with Crippen molar-refractivity contribution in [3.05, 3.63) is 0 Å². The van der Waals surface area contributed by atoms with Crippen molar-refractivity contribution in [2.45, 2.75) is 57.7 Å². The van der Waals surface area contributed by atoms with Crippen LogP contribution in [-0.4, -0.2) is 70.5 Å². The number of carboxylic acid groups (broad SMARTS) is 2. The van der Waals surface area contributed by atoms with Gasteiger partial charge in [0.1, 0.15) is 18.1 Å². The van der Waals surface area contributed by atoms with Gasteiger partial charge in [-0.15, -0.1) is 0 Å². The largest absolute Gasteiger partial charge is 0.481 e. The van der Waals surface area contributed by atoms with Crippen molar-refractivity contribution in [1.29, 1.82) is 0 Å². The van der Waals surface area contributed by atoms with Gasteiger partial charge in [-0.05, 0) is 18.8 Å². The van der Waals surface area contributed by atoms with Gasteiger partial charge in [0.2, 0.25) is 23.6 Å². The third-order valence-corrected chi connectivity index (χ3v) is 4.02. The summed E-state index contributed by atoms with van der Waals surface area (Å²) in [6.07, 6.45) is -1.16. The topological polar surface area (TPSA) is 231 Å². The molecule has 0 aromatic rings. The van der Waals surface area contributed by atoms with Crippen molar-refractivity contribution in [1.82, 2.24) is 16.0 Å². The number of primary amides is 1. The molecule has 13 nitrogen and oxygen atoms in total. The first-order valence-electron chi connectivity index (χ1n) is 9.22. The van der Waals surface area contributed by atoms with Gasteiger partial charge in [0.05, 0.1) is 6.54 Å². The van der Waals surface area contributed by atoms with E-state index in [0.29, 0.717) is 0 Å². The molecule has 0 saturated carbocycles. The normalized spacial score (nSPS) is 13.6. The van der Waals surface area contributed by atoms with Crippen LogP contribution in [0.1, 0.15) is 39.5 Å². The number of nitrogens with one attached hydrogen (secondary N) is 3. The summed E-state index contributed by atoms with van der Waals surface area (Å²) in [5, 5.41) is 24.9. The average Bonchev–Trinajstić information content (AvgIpc) is 2.64. The van der Waals surface area contributed by atoms with Crippen LogP contribution < -0.4 is 27.4 Å². The highest BCUT2D eigenvalue weighted by atomic mass is 16.4. The highest BCUT2D eigenvalue weighted by molar-refractivity contribution is 5.94. The fraction of sp³-hybridized carbons (Fsp3) is 0.647. The highest BCUT2D eigenvalue weighted by Crippen LogP contribution is 2.07. The molecule has 0 aliphatic rings. The molecule has 4 amide bonds. The predicted octanol–water partition coefficient (Wildman–Crippen LogP) is -2.73. The van der Waals surface area contributed by atoms with Gasteiger partial charge in [0.15, 0.2) is 0 Å². The summed E-state index contributed by atoms with van der Waals surface area (Å²) in [7, 11) is 0. The summed E-state index contributed by atoms with van der Waals surface area (Å²) in [4.78, 5) is 69.6. The van der Waals surface area contributed by atoms with E-state index in [0.717, 1.165) is 0 Å². The lowest BCUT2D eigenvalue weighted by atomic mass is 10.0. The number of amides is 4. The molecular formula is C17H29N5O8. The fourth-order valence-corrected chi connectivity index (χ4v) is 2.38. The summed E-state index contributed by atoms with van der Waals surface area (Å²) in [6.45, 7) is 2.76. The summed E-state index contributed by atoms with van der Waals surface area (Å²) in [5.74, 6) is -6.12. The van der Waals surface area contributed by atoms with E-state index in [9.17, 15) is 33.9 Å². The van der Waals surface area contributed by atoms with Crippen LogP contribution in [0.5, 0.6) is 0 Å². The van der Waals surface area contributed by atoms with Gasteiger partial charge in [-0.25, -0.2) is 4.79 Å². The second-order valence-corrected chi connectivity index (χ2v) is 6.89. The Labute approximate surface area is 172 Å². The van der Waals surface area contributed by atoms with E-state index in [-0.39, 0.29) is 19.3 Å². The summed E-state index contributed by atoms with van der Waals surface area (Å²) in [6, 6.07) is -3.84. The average molecular weight is 431 g/mol. The van der Waals surface area contributed by atoms with E-state index < -0.39 is 72.6 Å². The third kappa shape index (κ3) is 10.4. The van der Waals surface area contributed by atoms with E-state index in [2.05, 4.69) is 16.0 Å². The quantitative estimate of drug-likeness (QED) is 0.151. The minimum atomic E-state index is -1.40. The molecular weight excluding hydrogens is 402 g/mol. The molecule has 170 valence electrons. The minimum Gasteiger partial charge on any atom is -0.481 e. The van der Waals surface area contributed by atoms with E-state index >= 15 is 0 Å². The van der Waals surface area contributed by atoms with Gasteiger partial charge in [-0.2, -0.15) is 0 Å². The SMILES string of the molecule is CC(C)C(NC(=O)C(CCC(=O)O)NC(=O)CN)C(=O)NC(CCC(N)=O)C(=O)O. The predicted molar refractivity (Wildman–Crippen MR) is 103 cm³/mol. The molecule has 3 unspecified atom stereocenters. The Morgan fingerprint density at radius 2 is 1.40 bits per heavy atom. The van der Waals surface area contributed by atoms with E-state index in [1.54, 1.807) is 13.8 Å². The standard InChI is InChI=1S/C17H29N5O8/c1-8(2)14(16(28)21-10(17(29)30)3-5-11(19)23)22-15(27)9(4-6-13(25)26)20-12(24)7-18/h8-10,14H,3-7,18H2,1-2H3,(H2,19,23)(H,20,24)(H,21,28)(H,22,27)(H,25,26)(H,29,30). The minimum absolute atomic E-state index is 0.233. The Kier molecular flexibility index (Phi) is 11.7. The fourth-order valence-electron chi connectivity index (χ4n) is 2.38. The Morgan fingerprint density at radius 1 is 0.833 bits per heavy atom. The third-order valence-electron chi connectivity index (χ3n) is 4.02. The summed E-state index contributed by atoms with van der Waals surface area (Å²) in [5.41, 5.74) is 10.2. The van der Waals surface area contributed by atoms with Crippen LogP contribution in [0.25, 0.3) is 0 Å². The van der Waals surface area contributed by atoms with Crippen molar-refractivity contribution < 1.29 is 39.0 Å². The molecule has 0 fully saturated rings. The molecule has 0 aromatic carbocycles. The molecule has 0 heterocycles. The van der Waals surface area contributed by atoms with E-state index in [1.807, 2.05) is 0 Å². The first-order valence-corrected chi connectivity index (χ1v) is 9.22. The van der Waals surface area contributed by atoms with Crippen molar-refractivity contribution in [2.24, 2.45) is 17.4 Å². The smallest absolute Gasteiger partial charge is 0.326 e. The van der Waals surface area contributed by atoms with Crippen molar-refractivity contribution in [3.63, 3.8) is 0 Å². The Hall–Kier alpha value is -3.22. The maximum atomic E-state index is 12.5. The van der Waals surface area contributed by atoms with Crippen molar-refractivity contribution in [2.75, 3.05) is 6.54 Å². The monoisotopic (exact) mass is 431 g/mol. The van der Waals surface area contributed by atoms with Crippen LogP contribution in [0.4, 0.5) is 0 Å². The van der Waals surface area contributed by atoms with Gasteiger partial charge in [0, 0.05) is 12.8 Å². The molecule has 0 rings (SSSR count). The lowest BCUT2D eigenvalue weighted by Crippen LogP contribution is -2.57. The number of rotatable bonds is 14. The molecule has 9 N–H and O–H groups in total. The van der Waals surface area contributed by atoms with Crippen molar-refractivity contribution >= 4 is 35.6 Å². The second kappa shape index (κ2) is 13.1. The van der Waals surface area contributed by atoms with Crippen molar-refractivity contribution in [3.8, 4) is 0 Å². The molecule has 0 spiro atoms. The van der Waals surface area contributed by atoms with Crippen LogP contribution in [0.15, 0.2) is 0 Å². The van der Waals surface area contributed by atoms with Gasteiger partial charge >= 0.3 is 11.9 Å². The van der Waals surface area contributed by atoms with Crippen LogP contribution in [-0.2, 0) is 28.8 Å². The zero-order valence-electron chi connectivity index (χ0n) is 16.8. The number of aliphatic carboxylic acids is 2. The molecule has 13 heteroatoms. The van der Waals surface area contributed by atoms with Gasteiger partial charge in [-0.1, -0.05) is 13.8 Å². The van der Waals surface area contributed by atoms with E-state index in [4.69, 9.17) is 16.6 Å². The Bertz CT molecular complexity index is 667. The molecule has 0 saturated heterocycles. The van der Waals surface area contributed by atoms with E-state index in [1.165, 1.54) is 0 Å². The number of hydrogen-bond donors (Lipinski definition) is 7. The van der Waals surface area contributed by atoms with Gasteiger partial charge < -0.3 is 37.6 Å². The molecule has 0 aliphatic heterocycles. The first kappa shape index (κ1) is 26.8. The van der Waals surface area contributed by atoms with Gasteiger partial charge in [-0.3, -0.25) is 24.0 Å². The van der Waals surface area contributed by atoms with Crippen LogP contribution >= 0.6 is 0 Å². The summed E-state index contributed by atoms with van der Waals surface area (Å²) < 4.78 is 0. The van der Waals surface area contributed by atoms with Crippen LogP contribution in [0.2, 0.25) is 0 Å². The molecule has 0 radical (unpaired) electrons. The number of carboxylic acids is 2. The maximum absolute atomic E-state index is 12.5. The zero-order valence-corrected chi connectivity index (χ0v) is 16.8. The molecule has 3 atom stereocenters. The molecule has 0 aromatic heterocycles. The number of nitrogens with two attached hydrogens (primary N) is 2. The maximum Gasteiger partial charge on any atom is 0.326 e. The Balaban J connectivity index is 5.30. The van der Waals surface area contributed by atoms with Gasteiger partial charge in [0.25, 0.3) is 0 Å². The number of hydrogen-bond acceptors (Lipinski definition) is 7. The van der Waals surface area contributed by atoms with Crippen LogP contribution in [0, 0.1) is 5.92 Å². The number of carbonyl (C=O) groups excluding carboxylic acids is 4. The van der Waals surface area contributed by atoms with Crippen LogP contribution in [0.3, 0.4) is 0 Å².